The largest absolute Gasteiger partial charge is 0.469 e. The van der Waals surface area contributed by atoms with Gasteiger partial charge in [-0.15, -0.1) is 0 Å². The van der Waals surface area contributed by atoms with E-state index in [2.05, 4.69) is 20.8 Å². The molecule has 1 fully saturated rings. The normalized spacial score (nSPS) is 34.2. The molecule has 0 radical (unpaired) electrons. The van der Waals surface area contributed by atoms with E-state index in [-0.39, 0.29) is 17.3 Å². The molecule has 0 aromatic carbocycles. The van der Waals surface area contributed by atoms with Gasteiger partial charge in [0.1, 0.15) is 0 Å². The first-order valence-electron chi connectivity index (χ1n) is 4.08. The molecule has 1 aliphatic rings. The Kier molecular flexibility index (Phi) is 1.95. The van der Waals surface area contributed by atoms with Gasteiger partial charge in [-0.3, -0.25) is 4.79 Å². The summed E-state index contributed by atoms with van der Waals surface area (Å²) in [6.45, 7) is 6.44. The molecular weight excluding hydrogens is 140 g/mol. The Morgan fingerprint density at radius 2 is 2.09 bits per heavy atom. The van der Waals surface area contributed by atoms with E-state index >= 15 is 0 Å². The first-order chi connectivity index (χ1) is 5.00. The second-order valence-electron chi connectivity index (χ2n) is 4.03. The van der Waals surface area contributed by atoms with Crippen molar-refractivity contribution in [3.63, 3.8) is 0 Å². The third-order valence-electron chi connectivity index (χ3n) is 3.24. The van der Waals surface area contributed by atoms with Gasteiger partial charge in [0.2, 0.25) is 0 Å². The number of hydrogen-bond donors (Lipinski definition) is 0. The molecule has 0 aromatic rings. The van der Waals surface area contributed by atoms with Crippen LogP contribution in [-0.4, -0.2) is 13.1 Å². The summed E-state index contributed by atoms with van der Waals surface area (Å²) in [5.41, 5.74) is 0.146. The summed E-state index contributed by atoms with van der Waals surface area (Å²) >= 11 is 0. The van der Waals surface area contributed by atoms with Gasteiger partial charge < -0.3 is 4.74 Å². The van der Waals surface area contributed by atoms with Crippen molar-refractivity contribution < 1.29 is 9.53 Å². The first-order valence-corrected chi connectivity index (χ1v) is 4.08. The van der Waals surface area contributed by atoms with E-state index < -0.39 is 0 Å². The second kappa shape index (κ2) is 2.50. The van der Waals surface area contributed by atoms with Gasteiger partial charge in [-0.05, 0) is 17.8 Å². The summed E-state index contributed by atoms with van der Waals surface area (Å²) in [7, 11) is 1.46. The quantitative estimate of drug-likeness (QED) is 0.541. The maximum absolute atomic E-state index is 11.1. The monoisotopic (exact) mass is 156 g/mol. The molecule has 2 atom stereocenters. The van der Waals surface area contributed by atoms with Crippen molar-refractivity contribution in [1.82, 2.24) is 0 Å². The number of carbonyl (C=O) groups excluding carboxylic acids is 1. The minimum absolute atomic E-state index is 0.0481. The lowest BCUT2D eigenvalue weighted by molar-refractivity contribution is -0.161. The molecule has 0 saturated heterocycles. The van der Waals surface area contributed by atoms with E-state index in [0.717, 1.165) is 6.42 Å². The summed E-state index contributed by atoms with van der Waals surface area (Å²) in [5.74, 6) is 0.724. The highest BCUT2D eigenvalue weighted by atomic mass is 16.5. The molecule has 1 saturated carbocycles. The molecule has 0 aliphatic heterocycles. The second-order valence-corrected chi connectivity index (χ2v) is 4.03. The molecule has 0 amide bonds. The van der Waals surface area contributed by atoms with Crippen LogP contribution in [0, 0.1) is 17.3 Å². The Morgan fingerprint density at radius 1 is 1.55 bits per heavy atom. The molecule has 2 heteroatoms. The van der Waals surface area contributed by atoms with Crippen molar-refractivity contribution in [3.8, 4) is 0 Å². The zero-order chi connectivity index (χ0) is 8.65. The topological polar surface area (TPSA) is 26.3 Å². The third kappa shape index (κ3) is 1.15. The Morgan fingerprint density at radius 3 is 2.36 bits per heavy atom. The zero-order valence-electron chi connectivity index (χ0n) is 7.68. The van der Waals surface area contributed by atoms with Crippen LogP contribution in [0.5, 0.6) is 0 Å². The minimum atomic E-state index is -0.0481. The summed E-state index contributed by atoms with van der Waals surface area (Å²) in [5, 5.41) is 0. The van der Waals surface area contributed by atoms with E-state index in [4.69, 9.17) is 4.74 Å². The van der Waals surface area contributed by atoms with Crippen LogP contribution in [0.3, 0.4) is 0 Å². The predicted octanol–water partition coefficient (Wildman–Crippen LogP) is 1.84. The number of methoxy groups -OCH3 is 1. The fourth-order valence-electron chi connectivity index (χ4n) is 1.69. The molecule has 0 N–H and O–H groups in total. The number of hydrogen-bond acceptors (Lipinski definition) is 2. The fourth-order valence-corrected chi connectivity index (χ4v) is 1.69. The molecule has 0 heterocycles. The number of rotatable bonds is 1. The predicted molar refractivity (Wildman–Crippen MR) is 43.1 cm³/mol. The van der Waals surface area contributed by atoms with Gasteiger partial charge in [0.15, 0.2) is 0 Å². The van der Waals surface area contributed by atoms with Gasteiger partial charge in [0.05, 0.1) is 13.0 Å². The summed E-state index contributed by atoms with van der Waals surface area (Å²) in [6.07, 6.45) is 0.986. The van der Waals surface area contributed by atoms with Crippen LogP contribution in [0.15, 0.2) is 0 Å². The van der Waals surface area contributed by atoms with Gasteiger partial charge in [-0.25, -0.2) is 0 Å². The summed E-state index contributed by atoms with van der Waals surface area (Å²) < 4.78 is 4.70. The Labute approximate surface area is 67.9 Å². The van der Waals surface area contributed by atoms with Crippen LogP contribution < -0.4 is 0 Å². The zero-order valence-corrected chi connectivity index (χ0v) is 7.68. The van der Waals surface area contributed by atoms with E-state index in [1.807, 2.05) is 0 Å². The molecule has 0 bridgehead atoms. The van der Waals surface area contributed by atoms with Crippen molar-refractivity contribution >= 4 is 5.97 Å². The summed E-state index contributed by atoms with van der Waals surface area (Å²) in [4.78, 5) is 11.1. The molecule has 1 rings (SSSR count). The SMILES string of the molecule is COC(=O)C1CC(C)C1(C)C. The summed E-state index contributed by atoms with van der Waals surface area (Å²) in [6, 6.07) is 0. The third-order valence-corrected chi connectivity index (χ3v) is 3.24. The lowest BCUT2D eigenvalue weighted by Gasteiger charge is -2.48. The Balaban J connectivity index is 2.59. The van der Waals surface area contributed by atoms with Crippen LogP contribution in [0.25, 0.3) is 0 Å². The van der Waals surface area contributed by atoms with Gasteiger partial charge >= 0.3 is 5.97 Å². The molecular formula is C9H16O2. The van der Waals surface area contributed by atoms with Crippen molar-refractivity contribution in [2.45, 2.75) is 27.2 Å². The lowest BCUT2D eigenvalue weighted by atomic mass is 9.55. The highest BCUT2D eigenvalue weighted by Crippen LogP contribution is 2.51. The number of carbonyl (C=O) groups is 1. The molecule has 2 nitrogen and oxygen atoms in total. The molecule has 64 valence electrons. The highest BCUT2D eigenvalue weighted by molar-refractivity contribution is 5.74. The maximum atomic E-state index is 11.1. The Hall–Kier alpha value is -0.530. The molecule has 0 aromatic heterocycles. The van der Waals surface area contributed by atoms with Crippen LogP contribution in [-0.2, 0) is 9.53 Å². The van der Waals surface area contributed by atoms with Crippen LogP contribution in [0.2, 0.25) is 0 Å². The van der Waals surface area contributed by atoms with Gasteiger partial charge in [0, 0.05) is 0 Å². The first kappa shape index (κ1) is 8.57. The standard InChI is InChI=1S/C9H16O2/c1-6-5-7(8(10)11-4)9(6,2)3/h6-7H,5H2,1-4H3. The Bertz CT molecular complexity index is 172. The fraction of sp³-hybridized carbons (Fsp3) is 0.889. The van der Waals surface area contributed by atoms with E-state index in [9.17, 15) is 4.79 Å². The van der Waals surface area contributed by atoms with Gasteiger partial charge in [-0.2, -0.15) is 0 Å². The molecule has 2 unspecified atom stereocenters. The van der Waals surface area contributed by atoms with Gasteiger partial charge in [0.25, 0.3) is 0 Å². The molecule has 1 aliphatic carbocycles. The number of esters is 1. The minimum Gasteiger partial charge on any atom is -0.469 e. The highest BCUT2D eigenvalue weighted by Gasteiger charge is 2.49. The number of ether oxygens (including phenoxy) is 1. The van der Waals surface area contributed by atoms with Crippen molar-refractivity contribution in [1.29, 1.82) is 0 Å². The molecule has 0 spiro atoms. The van der Waals surface area contributed by atoms with E-state index in [0.29, 0.717) is 5.92 Å². The average molecular weight is 156 g/mol. The average Bonchev–Trinajstić information content (AvgIpc) is 1.98. The van der Waals surface area contributed by atoms with E-state index in [1.54, 1.807) is 0 Å². The lowest BCUT2D eigenvalue weighted by Crippen LogP contribution is -2.47. The smallest absolute Gasteiger partial charge is 0.309 e. The van der Waals surface area contributed by atoms with Gasteiger partial charge in [-0.1, -0.05) is 20.8 Å². The van der Waals surface area contributed by atoms with E-state index in [1.165, 1.54) is 7.11 Å². The van der Waals surface area contributed by atoms with Crippen LogP contribution in [0.1, 0.15) is 27.2 Å². The van der Waals surface area contributed by atoms with Crippen molar-refractivity contribution in [2.24, 2.45) is 17.3 Å². The molecule has 11 heavy (non-hydrogen) atoms. The van der Waals surface area contributed by atoms with Crippen molar-refractivity contribution in [3.05, 3.63) is 0 Å². The van der Waals surface area contributed by atoms with Crippen molar-refractivity contribution in [2.75, 3.05) is 7.11 Å². The maximum Gasteiger partial charge on any atom is 0.309 e. The van der Waals surface area contributed by atoms with Crippen LogP contribution >= 0.6 is 0 Å². The van der Waals surface area contributed by atoms with Crippen LogP contribution in [0.4, 0.5) is 0 Å².